The second kappa shape index (κ2) is 6.31. The number of carbonyl (C=O) groups is 1. The number of carboxylic acids is 1. The fraction of sp³-hybridized carbons (Fsp3) is 0.182. The third-order valence-electron chi connectivity index (χ3n) is 2.41. The molecule has 0 amide bonds. The molecule has 1 aromatic carbocycles. The first-order valence-corrected chi connectivity index (χ1v) is 6.46. The van der Waals surface area contributed by atoms with Crippen LogP contribution < -0.4 is 4.74 Å². The van der Waals surface area contributed by atoms with Crippen molar-refractivity contribution >= 4 is 27.6 Å². The molecule has 0 aliphatic rings. The molecule has 21 heavy (non-hydrogen) atoms. The van der Waals surface area contributed by atoms with Crippen LogP contribution in [0, 0.1) is 10.1 Å². The number of aromatic carboxylic acids is 1. The van der Waals surface area contributed by atoms with Crippen LogP contribution in [0.15, 0.2) is 28.9 Å². The molecule has 0 fully saturated rings. The van der Waals surface area contributed by atoms with Crippen LogP contribution in [-0.4, -0.2) is 37.6 Å². The van der Waals surface area contributed by atoms with Crippen LogP contribution in [0.1, 0.15) is 10.5 Å². The Morgan fingerprint density at radius 2 is 2.24 bits per heavy atom. The predicted molar refractivity (Wildman–Crippen MR) is 73.3 cm³/mol. The fourth-order valence-electron chi connectivity index (χ4n) is 1.50. The van der Waals surface area contributed by atoms with Crippen molar-refractivity contribution in [2.75, 3.05) is 6.61 Å². The van der Waals surface area contributed by atoms with Crippen LogP contribution in [0.4, 0.5) is 5.69 Å². The van der Waals surface area contributed by atoms with E-state index < -0.39 is 10.9 Å². The van der Waals surface area contributed by atoms with Crippen molar-refractivity contribution in [3.8, 4) is 5.75 Å². The molecule has 0 saturated heterocycles. The number of halogens is 1. The molecule has 1 heterocycles. The van der Waals surface area contributed by atoms with E-state index in [1.165, 1.54) is 23.0 Å². The van der Waals surface area contributed by atoms with Crippen LogP contribution in [0.25, 0.3) is 0 Å². The summed E-state index contributed by atoms with van der Waals surface area (Å²) in [5.41, 5.74) is -0.249. The Balaban J connectivity index is 1.96. The maximum absolute atomic E-state index is 10.7. The van der Waals surface area contributed by atoms with E-state index in [1.807, 2.05) is 0 Å². The summed E-state index contributed by atoms with van der Waals surface area (Å²) >= 11 is 3.16. The average Bonchev–Trinajstić information content (AvgIpc) is 2.87. The van der Waals surface area contributed by atoms with Crippen molar-refractivity contribution in [3.63, 3.8) is 0 Å². The Morgan fingerprint density at radius 1 is 1.48 bits per heavy atom. The van der Waals surface area contributed by atoms with E-state index in [0.717, 1.165) is 0 Å². The highest BCUT2D eigenvalue weighted by molar-refractivity contribution is 9.10. The molecule has 0 spiro atoms. The highest BCUT2D eigenvalue weighted by Gasteiger charge is 2.10. The first kappa shape index (κ1) is 14.9. The van der Waals surface area contributed by atoms with Gasteiger partial charge in [-0.05, 0) is 6.07 Å². The summed E-state index contributed by atoms with van der Waals surface area (Å²) in [6.07, 6.45) is 1.27. The Labute approximate surface area is 126 Å². The number of nitrogens with zero attached hydrogens (tertiary/aromatic N) is 4. The van der Waals surface area contributed by atoms with Crippen molar-refractivity contribution < 1.29 is 19.6 Å². The summed E-state index contributed by atoms with van der Waals surface area (Å²) in [4.78, 5) is 20.8. The monoisotopic (exact) mass is 356 g/mol. The molecule has 2 rings (SSSR count). The molecule has 1 aromatic heterocycles. The standard InChI is InChI=1S/C11H9BrN4O5/c12-7-3-8(16(19)20)5-9(4-7)21-2-1-15-6-10(11(17)18)13-14-15/h3-6H,1-2H2,(H,17,18). The molecule has 1 N–H and O–H groups in total. The number of aromatic nitrogens is 3. The van der Waals surface area contributed by atoms with Crippen LogP contribution in [-0.2, 0) is 6.54 Å². The van der Waals surface area contributed by atoms with Gasteiger partial charge in [-0.25, -0.2) is 9.48 Å². The van der Waals surface area contributed by atoms with E-state index in [0.29, 0.717) is 10.2 Å². The van der Waals surface area contributed by atoms with Gasteiger partial charge in [-0.15, -0.1) is 5.10 Å². The molecule has 0 aliphatic heterocycles. The molecule has 0 unspecified atom stereocenters. The smallest absolute Gasteiger partial charge is 0.358 e. The van der Waals surface area contributed by atoms with Gasteiger partial charge >= 0.3 is 5.97 Å². The number of rotatable bonds is 6. The second-order valence-corrected chi connectivity index (χ2v) is 4.84. The lowest BCUT2D eigenvalue weighted by Gasteiger charge is -2.06. The van der Waals surface area contributed by atoms with Gasteiger partial charge in [0, 0.05) is 10.5 Å². The van der Waals surface area contributed by atoms with E-state index in [4.69, 9.17) is 9.84 Å². The lowest BCUT2D eigenvalue weighted by Crippen LogP contribution is -2.09. The molecule has 110 valence electrons. The van der Waals surface area contributed by atoms with Crippen LogP contribution in [0.5, 0.6) is 5.75 Å². The Morgan fingerprint density at radius 3 is 2.86 bits per heavy atom. The molecular weight excluding hydrogens is 348 g/mol. The number of benzene rings is 1. The normalized spacial score (nSPS) is 10.3. The van der Waals surface area contributed by atoms with Crippen LogP contribution in [0.2, 0.25) is 0 Å². The van der Waals surface area contributed by atoms with Crippen LogP contribution in [0.3, 0.4) is 0 Å². The first-order chi connectivity index (χ1) is 9.95. The SMILES string of the molecule is O=C(O)c1cn(CCOc2cc(Br)cc([N+](=O)[O-])c2)nn1. The zero-order chi connectivity index (χ0) is 15.4. The van der Waals surface area contributed by atoms with Gasteiger partial charge in [0.1, 0.15) is 12.4 Å². The summed E-state index contributed by atoms with van der Waals surface area (Å²) in [7, 11) is 0. The zero-order valence-corrected chi connectivity index (χ0v) is 12.1. The number of non-ortho nitro benzene ring substituents is 1. The molecule has 0 saturated carbocycles. The van der Waals surface area contributed by atoms with Crippen LogP contribution >= 0.6 is 15.9 Å². The molecule has 0 radical (unpaired) electrons. The zero-order valence-electron chi connectivity index (χ0n) is 10.5. The number of hydrogen-bond donors (Lipinski definition) is 1. The van der Waals surface area contributed by atoms with Crippen molar-refractivity contribution in [3.05, 3.63) is 44.7 Å². The Hall–Kier alpha value is -2.49. The lowest BCUT2D eigenvalue weighted by molar-refractivity contribution is -0.385. The van der Waals surface area contributed by atoms with Crippen molar-refractivity contribution in [1.82, 2.24) is 15.0 Å². The number of ether oxygens (including phenoxy) is 1. The second-order valence-electron chi connectivity index (χ2n) is 3.92. The minimum Gasteiger partial charge on any atom is -0.491 e. The minimum atomic E-state index is -1.16. The van der Waals surface area contributed by atoms with Gasteiger partial charge in [0.2, 0.25) is 0 Å². The lowest BCUT2D eigenvalue weighted by atomic mass is 10.3. The number of nitro groups is 1. The third kappa shape index (κ3) is 3.99. The molecule has 10 heteroatoms. The summed E-state index contributed by atoms with van der Waals surface area (Å²) in [5.74, 6) is -0.834. The van der Waals surface area contributed by atoms with Crippen molar-refractivity contribution in [1.29, 1.82) is 0 Å². The van der Waals surface area contributed by atoms with Gasteiger partial charge in [-0.2, -0.15) is 0 Å². The molecule has 2 aromatic rings. The molecule has 0 atom stereocenters. The van der Waals surface area contributed by atoms with Gasteiger partial charge < -0.3 is 9.84 Å². The maximum atomic E-state index is 10.7. The third-order valence-corrected chi connectivity index (χ3v) is 2.87. The van der Waals surface area contributed by atoms with E-state index >= 15 is 0 Å². The van der Waals surface area contributed by atoms with Gasteiger partial charge in [0.25, 0.3) is 5.69 Å². The summed E-state index contributed by atoms with van der Waals surface area (Å²) in [6, 6.07) is 4.26. The Bertz CT molecular complexity index is 687. The summed E-state index contributed by atoms with van der Waals surface area (Å²) < 4.78 is 7.22. The molecule has 9 nitrogen and oxygen atoms in total. The van der Waals surface area contributed by atoms with Gasteiger partial charge in [0.15, 0.2) is 5.69 Å². The molecule has 0 aliphatic carbocycles. The van der Waals surface area contributed by atoms with Crippen molar-refractivity contribution in [2.24, 2.45) is 0 Å². The Kier molecular flexibility index (Phi) is 4.48. The average molecular weight is 357 g/mol. The number of hydrogen-bond acceptors (Lipinski definition) is 6. The predicted octanol–water partition coefficient (Wildman–Crippen LogP) is 1.73. The highest BCUT2D eigenvalue weighted by Crippen LogP contribution is 2.26. The van der Waals surface area contributed by atoms with E-state index in [1.54, 1.807) is 6.07 Å². The topological polar surface area (TPSA) is 120 Å². The van der Waals surface area contributed by atoms with E-state index in [-0.39, 0.29) is 24.5 Å². The first-order valence-electron chi connectivity index (χ1n) is 5.67. The van der Waals surface area contributed by atoms with Gasteiger partial charge in [-0.1, -0.05) is 21.1 Å². The van der Waals surface area contributed by atoms with Gasteiger partial charge in [0.05, 0.1) is 23.7 Å². The minimum absolute atomic E-state index is 0.0895. The highest BCUT2D eigenvalue weighted by atomic mass is 79.9. The molecule has 0 bridgehead atoms. The van der Waals surface area contributed by atoms with E-state index in [2.05, 4.69) is 26.2 Å². The summed E-state index contributed by atoms with van der Waals surface area (Å²) in [6.45, 7) is 0.427. The maximum Gasteiger partial charge on any atom is 0.358 e. The largest absolute Gasteiger partial charge is 0.491 e. The molecular formula is C11H9BrN4O5. The quantitative estimate of drug-likeness (QED) is 0.617. The van der Waals surface area contributed by atoms with Gasteiger partial charge in [-0.3, -0.25) is 10.1 Å². The number of nitro benzene ring substituents is 1. The van der Waals surface area contributed by atoms with Crippen molar-refractivity contribution in [2.45, 2.75) is 6.54 Å². The van der Waals surface area contributed by atoms with E-state index in [9.17, 15) is 14.9 Å². The fourth-order valence-corrected chi connectivity index (χ4v) is 1.96. The summed E-state index contributed by atoms with van der Waals surface area (Å²) in [5, 5.41) is 26.5. The number of carboxylic acid groups (broad SMARTS) is 1.